The SMILES string of the molecule is COc1ccc(S(=O)(=O)N[C@@H](Cc2ccccc2)C(=O)N[C@@H](C)C(=O)Nc2n[nH]c(=S)s2)cc1. The molecule has 0 unspecified atom stereocenters. The summed E-state index contributed by atoms with van der Waals surface area (Å²) in [7, 11) is -2.57. The van der Waals surface area contributed by atoms with Gasteiger partial charge in [0.1, 0.15) is 17.8 Å². The first-order chi connectivity index (χ1) is 16.2. The van der Waals surface area contributed by atoms with Gasteiger partial charge in [0.05, 0.1) is 12.0 Å². The Morgan fingerprint density at radius 3 is 2.38 bits per heavy atom. The fourth-order valence-corrected chi connectivity index (χ4v) is 4.91. The quantitative estimate of drug-likeness (QED) is 0.300. The predicted octanol–water partition coefficient (Wildman–Crippen LogP) is 2.24. The number of sulfonamides is 1. The van der Waals surface area contributed by atoms with Crippen LogP contribution in [0.1, 0.15) is 12.5 Å². The summed E-state index contributed by atoms with van der Waals surface area (Å²) in [5.41, 5.74) is 0.744. The van der Waals surface area contributed by atoms with Crippen LogP contribution in [0.3, 0.4) is 0 Å². The number of benzene rings is 2. The van der Waals surface area contributed by atoms with E-state index in [1.165, 1.54) is 38.3 Å². The Balaban J connectivity index is 1.76. The van der Waals surface area contributed by atoms with Crippen molar-refractivity contribution in [3.8, 4) is 5.75 Å². The summed E-state index contributed by atoms with van der Waals surface area (Å²) in [6.45, 7) is 1.48. The lowest BCUT2D eigenvalue weighted by Gasteiger charge is -2.21. The fraction of sp³-hybridized carbons (Fsp3) is 0.238. The van der Waals surface area contributed by atoms with E-state index in [1.807, 2.05) is 6.07 Å². The van der Waals surface area contributed by atoms with Gasteiger partial charge in [0.25, 0.3) is 0 Å². The average molecular weight is 522 g/mol. The van der Waals surface area contributed by atoms with E-state index >= 15 is 0 Å². The number of aromatic amines is 1. The molecule has 0 saturated carbocycles. The van der Waals surface area contributed by atoms with E-state index in [0.717, 1.165) is 16.9 Å². The highest BCUT2D eigenvalue weighted by Crippen LogP contribution is 2.17. The van der Waals surface area contributed by atoms with Crippen molar-refractivity contribution >= 4 is 50.5 Å². The largest absolute Gasteiger partial charge is 0.497 e. The average Bonchev–Trinajstić information content (AvgIpc) is 3.23. The summed E-state index contributed by atoms with van der Waals surface area (Å²) in [6.07, 6.45) is 0.0805. The van der Waals surface area contributed by atoms with Crippen molar-refractivity contribution in [2.24, 2.45) is 0 Å². The van der Waals surface area contributed by atoms with Crippen molar-refractivity contribution in [3.63, 3.8) is 0 Å². The first-order valence-corrected chi connectivity index (χ1v) is 12.8. The van der Waals surface area contributed by atoms with Gasteiger partial charge in [-0.05, 0) is 55.4 Å². The number of aromatic nitrogens is 2. The molecule has 0 aliphatic carbocycles. The Kier molecular flexibility index (Phi) is 8.50. The molecular weight excluding hydrogens is 498 g/mol. The van der Waals surface area contributed by atoms with Crippen LogP contribution < -0.4 is 20.1 Å². The van der Waals surface area contributed by atoms with E-state index in [4.69, 9.17) is 17.0 Å². The van der Waals surface area contributed by atoms with Gasteiger partial charge in [-0.3, -0.25) is 20.0 Å². The summed E-state index contributed by atoms with van der Waals surface area (Å²) < 4.78 is 33.8. The first-order valence-electron chi connectivity index (χ1n) is 10.0. The van der Waals surface area contributed by atoms with Crippen molar-refractivity contribution in [1.29, 1.82) is 0 Å². The van der Waals surface area contributed by atoms with Gasteiger partial charge in [0, 0.05) is 0 Å². The zero-order valence-electron chi connectivity index (χ0n) is 18.3. The number of carbonyl (C=O) groups excluding carboxylic acids is 2. The third-order valence-corrected chi connectivity index (χ3v) is 7.18. The smallest absolute Gasteiger partial charge is 0.248 e. The predicted molar refractivity (Wildman–Crippen MR) is 131 cm³/mol. The molecule has 4 N–H and O–H groups in total. The molecule has 0 aliphatic rings. The molecule has 1 aromatic heterocycles. The highest BCUT2D eigenvalue weighted by Gasteiger charge is 2.28. The Labute approximate surface area is 205 Å². The molecule has 0 bridgehead atoms. The highest BCUT2D eigenvalue weighted by atomic mass is 32.2. The van der Waals surface area contributed by atoms with Crippen LogP contribution in [0, 0.1) is 3.95 Å². The molecule has 3 rings (SSSR count). The van der Waals surface area contributed by atoms with E-state index in [1.54, 1.807) is 24.3 Å². The lowest BCUT2D eigenvalue weighted by molar-refractivity contribution is -0.127. The monoisotopic (exact) mass is 521 g/mol. The maximum atomic E-state index is 13.1. The van der Waals surface area contributed by atoms with E-state index in [2.05, 4.69) is 25.6 Å². The molecule has 2 aromatic carbocycles. The molecule has 0 saturated heterocycles. The summed E-state index contributed by atoms with van der Waals surface area (Å²) in [4.78, 5) is 25.5. The minimum absolute atomic E-state index is 0.0234. The van der Waals surface area contributed by atoms with Crippen LogP contribution in [-0.2, 0) is 26.0 Å². The molecule has 2 amide bonds. The Bertz CT molecular complexity index is 1290. The van der Waals surface area contributed by atoms with Crippen LogP contribution in [0.2, 0.25) is 0 Å². The van der Waals surface area contributed by atoms with Gasteiger partial charge < -0.3 is 10.1 Å². The van der Waals surface area contributed by atoms with Gasteiger partial charge in [-0.1, -0.05) is 41.7 Å². The molecule has 0 fully saturated rings. The third-order valence-electron chi connectivity index (χ3n) is 4.69. The normalized spacial score (nSPS) is 13.0. The lowest BCUT2D eigenvalue weighted by Crippen LogP contribution is -2.52. The van der Waals surface area contributed by atoms with Gasteiger partial charge >= 0.3 is 0 Å². The first kappa shape index (κ1) is 25.5. The fourth-order valence-electron chi connectivity index (χ4n) is 2.92. The van der Waals surface area contributed by atoms with Gasteiger partial charge in [-0.25, -0.2) is 8.42 Å². The number of nitrogens with one attached hydrogen (secondary N) is 4. The number of hydrogen-bond acceptors (Lipinski definition) is 8. The number of ether oxygens (including phenoxy) is 1. The van der Waals surface area contributed by atoms with Gasteiger partial charge in [0.2, 0.25) is 27.0 Å². The Morgan fingerprint density at radius 2 is 1.79 bits per heavy atom. The summed E-state index contributed by atoms with van der Waals surface area (Å²) in [6, 6.07) is 12.6. The van der Waals surface area contributed by atoms with Crippen LogP contribution in [0.5, 0.6) is 5.75 Å². The van der Waals surface area contributed by atoms with Crippen LogP contribution in [-0.4, -0.2) is 49.6 Å². The molecule has 2 atom stereocenters. The van der Waals surface area contributed by atoms with Crippen molar-refractivity contribution in [3.05, 3.63) is 64.1 Å². The minimum atomic E-state index is -4.04. The molecule has 0 spiro atoms. The van der Waals surface area contributed by atoms with E-state index in [-0.39, 0.29) is 16.4 Å². The summed E-state index contributed by atoms with van der Waals surface area (Å²) in [5, 5.41) is 11.8. The number of rotatable bonds is 10. The summed E-state index contributed by atoms with van der Waals surface area (Å²) in [5.74, 6) is -0.681. The van der Waals surface area contributed by atoms with Crippen LogP contribution in [0.25, 0.3) is 0 Å². The van der Waals surface area contributed by atoms with Crippen molar-refractivity contribution in [2.45, 2.75) is 30.3 Å². The standard InChI is InChI=1S/C21H23N5O5S3/c1-13(18(27)23-20-24-25-21(32)33-20)22-19(28)17(12-14-6-4-3-5-7-14)26-34(29,30)16-10-8-15(31-2)9-11-16/h3-11,13,17,26H,12H2,1-2H3,(H,22,28)(H,25,32)(H,23,24,27)/t13-,17-/m0/s1. The van der Waals surface area contributed by atoms with Gasteiger partial charge in [-0.2, -0.15) is 4.72 Å². The van der Waals surface area contributed by atoms with Gasteiger partial charge in [-0.15, -0.1) is 5.10 Å². The Morgan fingerprint density at radius 1 is 1.12 bits per heavy atom. The van der Waals surface area contributed by atoms with Crippen LogP contribution in [0.4, 0.5) is 5.13 Å². The molecular formula is C21H23N5O5S3. The third kappa shape index (κ3) is 6.93. The van der Waals surface area contributed by atoms with E-state index in [0.29, 0.717) is 9.70 Å². The molecule has 180 valence electrons. The second kappa shape index (κ2) is 11.3. The number of nitrogens with zero attached hydrogens (tertiary/aromatic N) is 1. The van der Waals surface area contributed by atoms with Crippen LogP contribution >= 0.6 is 23.6 Å². The molecule has 3 aromatic rings. The molecule has 1 heterocycles. The number of amides is 2. The maximum absolute atomic E-state index is 13.1. The Hall–Kier alpha value is -3.13. The van der Waals surface area contributed by atoms with Crippen molar-refractivity contribution in [2.75, 3.05) is 12.4 Å². The highest BCUT2D eigenvalue weighted by molar-refractivity contribution is 7.89. The number of H-pyrrole nitrogens is 1. The number of anilines is 1. The minimum Gasteiger partial charge on any atom is -0.497 e. The molecule has 0 aliphatic heterocycles. The van der Waals surface area contributed by atoms with E-state index < -0.39 is 33.9 Å². The molecule has 10 nitrogen and oxygen atoms in total. The van der Waals surface area contributed by atoms with Crippen molar-refractivity contribution < 1.29 is 22.7 Å². The topological polar surface area (TPSA) is 142 Å². The molecule has 34 heavy (non-hydrogen) atoms. The van der Waals surface area contributed by atoms with Gasteiger partial charge in [0.15, 0.2) is 3.95 Å². The molecule has 13 heteroatoms. The van der Waals surface area contributed by atoms with E-state index in [9.17, 15) is 18.0 Å². The zero-order valence-corrected chi connectivity index (χ0v) is 20.7. The maximum Gasteiger partial charge on any atom is 0.248 e. The summed E-state index contributed by atoms with van der Waals surface area (Å²) >= 11 is 6.00. The number of hydrogen-bond donors (Lipinski definition) is 4. The van der Waals surface area contributed by atoms with Crippen LogP contribution in [0.15, 0.2) is 59.5 Å². The molecule has 0 radical (unpaired) electrons. The number of carbonyl (C=O) groups is 2. The lowest BCUT2D eigenvalue weighted by atomic mass is 10.1. The van der Waals surface area contributed by atoms with Crippen molar-refractivity contribution in [1.82, 2.24) is 20.2 Å². The number of methoxy groups -OCH3 is 1. The second-order valence-electron chi connectivity index (χ2n) is 7.18. The zero-order chi connectivity index (χ0) is 24.7. The second-order valence-corrected chi connectivity index (χ2v) is 10.6.